The van der Waals surface area contributed by atoms with Gasteiger partial charge >= 0.3 is 0 Å². The van der Waals surface area contributed by atoms with Crippen molar-refractivity contribution in [2.75, 3.05) is 26.2 Å². The molecule has 13 heavy (non-hydrogen) atoms. The lowest BCUT2D eigenvalue weighted by Gasteiger charge is -2.17. The lowest BCUT2D eigenvalue weighted by atomic mass is 10.2. The van der Waals surface area contributed by atoms with E-state index in [0.29, 0.717) is 12.1 Å². The van der Waals surface area contributed by atoms with Crippen molar-refractivity contribution in [1.82, 2.24) is 15.5 Å². The van der Waals surface area contributed by atoms with Gasteiger partial charge in [0.1, 0.15) is 0 Å². The normalized spacial score (nSPS) is 33.6. The Bertz CT molecular complexity index is 204. The molecule has 2 saturated heterocycles. The van der Waals surface area contributed by atoms with Gasteiger partial charge in [0.25, 0.3) is 0 Å². The maximum atomic E-state index is 8.68. The monoisotopic (exact) mass is 180 g/mol. The lowest BCUT2D eigenvalue weighted by Crippen LogP contribution is -2.40. The second kappa shape index (κ2) is 3.95. The molecule has 0 saturated carbocycles. The van der Waals surface area contributed by atoms with Crippen molar-refractivity contribution in [2.45, 2.75) is 24.9 Å². The minimum absolute atomic E-state index is 0.532. The summed E-state index contributed by atoms with van der Waals surface area (Å²) in [6.07, 6.45) is 4.54. The molecular formula is C9H16N4. The molecule has 2 fully saturated rings. The molecule has 2 atom stereocenters. The summed E-state index contributed by atoms with van der Waals surface area (Å²) in [6, 6.07) is 1.16. The van der Waals surface area contributed by atoms with Gasteiger partial charge in [-0.1, -0.05) is 0 Å². The highest BCUT2D eigenvalue weighted by Crippen LogP contribution is 2.09. The molecule has 2 heterocycles. The fourth-order valence-corrected chi connectivity index (χ4v) is 2.12. The molecule has 2 aliphatic rings. The molecule has 0 aliphatic carbocycles. The predicted octanol–water partition coefficient (Wildman–Crippen LogP) is -0.507. The molecule has 1 unspecified atom stereocenters. The van der Waals surface area contributed by atoms with E-state index in [1.165, 1.54) is 6.42 Å². The van der Waals surface area contributed by atoms with Gasteiger partial charge in [0.2, 0.25) is 0 Å². The van der Waals surface area contributed by atoms with E-state index in [2.05, 4.69) is 16.8 Å². The van der Waals surface area contributed by atoms with Crippen molar-refractivity contribution >= 4 is 0 Å². The Hall–Kier alpha value is -0.790. The van der Waals surface area contributed by atoms with Crippen LogP contribution >= 0.6 is 0 Å². The van der Waals surface area contributed by atoms with Gasteiger partial charge in [-0.05, 0) is 19.4 Å². The molecule has 0 aromatic heterocycles. The summed E-state index contributed by atoms with van der Waals surface area (Å²) in [5.41, 5.74) is 0. The van der Waals surface area contributed by atoms with E-state index in [1.54, 1.807) is 0 Å². The van der Waals surface area contributed by atoms with E-state index >= 15 is 0 Å². The number of hydrogen-bond acceptors (Lipinski definition) is 4. The second-order valence-electron chi connectivity index (χ2n) is 3.89. The summed E-state index contributed by atoms with van der Waals surface area (Å²) in [4.78, 5) is 1.83. The second-order valence-corrected chi connectivity index (χ2v) is 3.89. The highest BCUT2D eigenvalue weighted by atomic mass is 15.2. The molecular weight excluding hydrogens is 164 g/mol. The van der Waals surface area contributed by atoms with E-state index in [0.717, 1.165) is 32.6 Å². The van der Waals surface area contributed by atoms with Crippen molar-refractivity contribution in [3.8, 4) is 6.19 Å². The average molecular weight is 180 g/mol. The van der Waals surface area contributed by atoms with E-state index in [4.69, 9.17) is 5.26 Å². The fraction of sp³-hybridized carbons (Fsp3) is 0.889. The van der Waals surface area contributed by atoms with Crippen molar-refractivity contribution in [3.63, 3.8) is 0 Å². The third kappa shape index (κ3) is 2.11. The van der Waals surface area contributed by atoms with Crippen LogP contribution < -0.4 is 10.6 Å². The number of nitriles is 1. The molecule has 4 heteroatoms. The average Bonchev–Trinajstić information content (AvgIpc) is 2.76. The summed E-state index contributed by atoms with van der Waals surface area (Å²) >= 11 is 0. The standard InChI is InChI=1S/C9H16N4/c10-7-13-4-2-9(6-13)12-8-1-3-11-5-8/h8-9,11-12H,1-6H2/t8-,9?/m1/s1. The third-order valence-electron chi connectivity index (χ3n) is 2.86. The van der Waals surface area contributed by atoms with Crippen LogP contribution in [-0.4, -0.2) is 43.2 Å². The highest BCUT2D eigenvalue weighted by molar-refractivity contribution is 4.91. The van der Waals surface area contributed by atoms with Crippen LogP contribution in [0, 0.1) is 11.5 Å². The summed E-state index contributed by atoms with van der Waals surface area (Å²) in [5, 5.41) is 15.6. The minimum Gasteiger partial charge on any atom is -0.315 e. The zero-order chi connectivity index (χ0) is 9.10. The Labute approximate surface area is 78.9 Å². The molecule has 0 amide bonds. The van der Waals surface area contributed by atoms with Crippen LogP contribution in [0.5, 0.6) is 0 Å². The molecule has 0 spiro atoms. The number of likely N-dealkylation sites (tertiary alicyclic amines) is 1. The first-order valence-corrected chi connectivity index (χ1v) is 5.00. The van der Waals surface area contributed by atoms with Crippen molar-refractivity contribution in [1.29, 1.82) is 5.26 Å². The molecule has 0 bridgehead atoms. The number of hydrogen-bond donors (Lipinski definition) is 2. The van der Waals surface area contributed by atoms with Crippen LogP contribution in [0.25, 0.3) is 0 Å². The molecule has 0 radical (unpaired) electrons. The zero-order valence-electron chi connectivity index (χ0n) is 7.79. The zero-order valence-corrected chi connectivity index (χ0v) is 7.79. The van der Waals surface area contributed by atoms with Crippen LogP contribution in [-0.2, 0) is 0 Å². The summed E-state index contributed by atoms with van der Waals surface area (Å²) < 4.78 is 0. The Morgan fingerprint density at radius 1 is 1.38 bits per heavy atom. The van der Waals surface area contributed by atoms with Crippen LogP contribution in [0.1, 0.15) is 12.8 Å². The van der Waals surface area contributed by atoms with E-state index in [1.807, 2.05) is 4.90 Å². The third-order valence-corrected chi connectivity index (χ3v) is 2.86. The van der Waals surface area contributed by atoms with Gasteiger partial charge in [-0.25, -0.2) is 0 Å². The van der Waals surface area contributed by atoms with Gasteiger partial charge < -0.3 is 15.5 Å². The Balaban J connectivity index is 1.74. The first kappa shape index (κ1) is 8.79. The Morgan fingerprint density at radius 3 is 2.92 bits per heavy atom. The minimum atomic E-state index is 0.532. The van der Waals surface area contributed by atoms with Crippen LogP contribution in [0.3, 0.4) is 0 Å². The van der Waals surface area contributed by atoms with Gasteiger partial charge in [-0.15, -0.1) is 0 Å². The summed E-state index contributed by atoms with van der Waals surface area (Å²) in [7, 11) is 0. The topological polar surface area (TPSA) is 51.1 Å². The Morgan fingerprint density at radius 2 is 2.31 bits per heavy atom. The molecule has 0 aromatic rings. The first-order chi connectivity index (χ1) is 6.38. The smallest absolute Gasteiger partial charge is 0.179 e. The number of nitrogens with one attached hydrogen (secondary N) is 2. The molecule has 2 N–H and O–H groups in total. The first-order valence-electron chi connectivity index (χ1n) is 5.00. The van der Waals surface area contributed by atoms with Crippen molar-refractivity contribution in [3.05, 3.63) is 0 Å². The number of rotatable bonds is 2. The van der Waals surface area contributed by atoms with Crippen molar-refractivity contribution in [2.24, 2.45) is 0 Å². The van der Waals surface area contributed by atoms with Gasteiger partial charge in [0, 0.05) is 31.7 Å². The van der Waals surface area contributed by atoms with Crippen LogP contribution in [0.15, 0.2) is 0 Å². The summed E-state index contributed by atoms with van der Waals surface area (Å²) in [5.74, 6) is 0. The summed E-state index contributed by atoms with van der Waals surface area (Å²) in [6.45, 7) is 4.04. The fourth-order valence-electron chi connectivity index (χ4n) is 2.12. The molecule has 2 aliphatic heterocycles. The van der Waals surface area contributed by atoms with Gasteiger partial charge in [-0.3, -0.25) is 0 Å². The van der Waals surface area contributed by atoms with E-state index in [9.17, 15) is 0 Å². The molecule has 4 nitrogen and oxygen atoms in total. The molecule has 2 rings (SSSR count). The maximum absolute atomic E-state index is 8.68. The Kier molecular flexibility index (Phi) is 2.67. The van der Waals surface area contributed by atoms with Crippen molar-refractivity contribution < 1.29 is 0 Å². The quantitative estimate of drug-likeness (QED) is 0.562. The van der Waals surface area contributed by atoms with Gasteiger partial charge in [-0.2, -0.15) is 5.26 Å². The van der Waals surface area contributed by atoms with E-state index in [-0.39, 0.29) is 0 Å². The molecule has 72 valence electrons. The van der Waals surface area contributed by atoms with Gasteiger partial charge in [0.05, 0.1) is 0 Å². The number of nitrogens with zero attached hydrogens (tertiary/aromatic N) is 2. The van der Waals surface area contributed by atoms with Gasteiger partial charge in [0.15, 0.2) is 6.19 Å². The lowest BCUT2D eigenvalue weighted by molar-refractivity contribution is 0.424. The highest BCUT2D eigenvalue weighted by Gasteiger charge is 2.24. The SMILES string of the molecule is N#CN1CCC(N[C@@H]2CCNC2)C1. The molecule has 0 aromatic carbocycles. The van der Waals surface area contributed by atoms with Crippen LogP contribution in [0.4, 0.5) is 0 Å². The van der Waals surface area contributed by atoms with E-state index < -0.39 is 0 Å². The maximum Gasteiger partial charge on any atom is 0.179 e. The largest absolute Gasteiger partial charge is 0.315 e. The van der Waals surface area contributed by atoms with Crippen LogP contribution in [0.2, 0.25) is 0 Å². The predicted molar refractivity (Wildman–Crippen MR) is 50.0 cm³/mol.